The standard InChI is InChI=1S/C32H44FN5O4/c1-31(2,3)42-30(40)37-11-10-36(26(20-37)19-35-12-14-41-15-13-35)21-28(39)38-22-32(4,5)29-27(38)17-24(18-34-29)16-23-6-8-25(33)9-7-23/h6-9,17-18,26H,10-16,19-22H2,1-5H3. The predicted octanol–water partition coefficient (Wildman–Crippen LogP) is 3.69. The van der Waals surface area contributed by atoms with Gasteiger partial charge >= 0.3 is 6.09 Å². The van der Waals surface area contributed by atoms with Crippen molar-refractivity contribution < 1.29 is 23.5 Å². The van der Waals surface area contributed by atoms with E-state index >= 15 is 0 Å². The molecule has 1 aromatic carbocycles. The van der Waals surface area contributed by atoms with Crippen molar-refractivity contribution in [1.82, 2.24) is 19.7 Å². The van der Waals surface area contributed by atoms with Crippen LogP contribution in [0, 0.1) is 5.82 Å². The number of morpholine rings is 1. The normalized spacial score (nSPS) is 21.3. The molecule has 0 N–H and O–H groups in total. The Morgan fingerprint density at radius 1 is 1.07 bits per heavy atom. The maximum Gasteiger partial charge on any atom is 0.410 e. The number of amides is 2. The van der Waals surface area contributed by atoms with Crippen LogP contribution in [-0.4, -0.2) is 109 Å². The van der Waals surface area contributed by atoms with Gasteiger partial charge in [0.05, 0.1) is 31.1 Å². The summed E-state index contributed by atoms with van der Waals surface area (Å²) in [6, 6.07) is 8.54. The molecule has 2 saturated heterocycles. The molecule has 0 spiro atoms. The molecule has 0 radical (unpaired) electrons. The minimum absolute atomic E-state index is 0.00802. The van der Waals surface area contributed by atoms with Gasteiger partial charge in [-0.15, -0.1) is 0 Å². The zero-order chi connectivity index (χ0) is 30.1. The third-order valence-electron chi connectivity index (χ3n) is 8.20. The molecule has 2 fully saturated rings. The summed E-state index contributed by atoms with van der Waals surface area (Å²) < 4.78 is 24.6. The fourth-order valence-electron chi connectivity index (χ4n) is 6.04. The Bertz CT molecular complexity index is 1270. The van der Waals surface area contributed by atoms with Gasteiger partial charge in [0.2, 0.25) is 5.91 Å². The van der Waals surface area contributed by atoms with Crippen LogP contribution in [0.4, 0.5) is 14.9 Å². The van der Waals surface area contributed by atoms with Crippen molar-refractivity contribution in [2.24, 2.45) is 0 Å². The van der Waals surface area contributed by atoms with Gasteiger partial charge in [0.15, 0.2) is 0 Å². The van der Waals surface area contributed by atoms with Gasteiger partial charge in [0, 0.05) is 63.5 Å². The smallest absolute Gasteiger partial charge is 0.410 e. The Morgan fingerprint density at radius 3 is 2.48 bits per heavy atom. The Hall–Kier alpha value is -3.08. The zero-order valence-electron chi connectivity index (χ0n) is 25.6. The Morgan fingerprint density at radius 2 is 1.79 bits per heavy atom. The van der Waals surface area contributed by atoms with E-state index in [1.54, 1.807) is 17.0 Å². The highest BCUT2D eigenvalue weighted by molar-refractivity contribution is 5.97. The van der Waals surface area contributed by atoms with Crippen molar-refractivity contribution in [2.75, 3.05) is 70.5 Å². The largest absolute Gasteiger partial charge is 0.444 e. The first-order valence-corrected chi connectivity index (χ1v) is 14.9. The van der Waals surface area contributed by atoms with Gasteiger partial charge < -0.3 is 19.3 Å². The number of carbonyl (C=O) groups is 2. The number of carbonyl (C=O) groups excluding carboxylic acids is 2. The van der Waals surface area contributed by atoms with Crippen LogP contribution in [0.3, 0.4) is 0 Å². The van der Waals surface area contributed by atoms with Crippen LogP contribution >= 0.6 is 0 Å². The Kier molecular flexibility index (Phi) is 8.87. The molecule has 2 amide bonds. The molecule has 9 nitrogen and oxygen atoms in total. The van der Waals surface area contributed by atoms with Crippen LogP contribution in [0.2, 0.25) is 0 Å². The quantitative estimate of drug-likeness (QED) is 0.515. The van der Waals surface area contributed by atoms with Crippen molar-refractivity contribution in [1.29, 1.82) is 0 Å². The summed E-state index contributed by atoms with van der Waals surface area (Å²) in [7, 11) is 0. The number of benzene rings is 1. The topological polar surface area (TPSA) is 78.5 Å². The molecule has 4 heterocycles. The van der Waals surface area contributed by atoms with Crippen LogP contribution in [-0.2, 0) is 26.1 Å². The number of nitrogens with zero attached hydrogens (tertiary/aromatic N) is 5. The van der Waals surface area contributed by atoms with E-state index in [1.165, 1.54) is 12.1 Å². The van der Waals surface area contributed by atoms with Crippen LogP contribution < -0.4 is 4.90 Å². The first kappa shape index (κ1) is 30.4. The number of anilines is 1. The van der Waals surface area contributed by atoms with E-state index in [1.807, 2.05) is 31.9 Å². The molecular weight excluding hydrogens is 537 g/mol. The molecule has 3 aliphatic heterocycles. The number of rotatable bonds is 6. The SMILES string of the molecule is CC(C)(C)OC(=O)N1CCN(CC(=O)N2CC(C)(C)c3ncc(Cc4ccc(F)cc4)cc32)C(CN2CCOCC2)C1. The second-order valence-electron chi connectivity index (χ2n) is 13.3. The maximum atomic E-state index is 14.0. The van der Waals surface area contributed by atoms with E-state index < -0.39 is 5.60 Å². The third kappa shape index (κ3) is 7.27. The highest BCUT2D eigenvalue weighted by Gasteiger charge is 2.41. The molecule has 0 saturated carbocycles. The lowest BCUT2D eigenvalue weighted by atomic mass is 9.91. The molecule has 42 heavy (non-hydrogen) atoms. The molecule has 228 valence electrons. The van der Waals surface area contributed by atoms with Gasteiger partial charge in [-0.05, 0) is 56.5 Å². The summed E-state index contributed by atoms with van der Waals surface area (Å²) in [4.78, 5) is 39.9. The second-order valence-corrected chi connectivity index (χ2v) is 13.3. The lowest BCUT2D eigenvalue weighted by Gasteiger charge is -2.44. The number of pyridine rings is 1. The number of ether oxygens (including phenoxy) is 2. The van der Waals surface area contributed by atoms with Crippen LogP contribution in [0.15, 0.2) is 36.5 Å². The van der Waals surface area contributed by atoms with Crippen molar-refractivity contribution in [3.8, 4) is 0 Å². The molecule has 3 aliphatic rings. The lowest BCUT2D eigenvalue weighted by molar-refractivity contribution is -0.121. The number of hydrogen-bond donors (Lipinski definition) is 0. The number of aromatic nitrogens is 1. The first-order chi connectivity index (χ1) is 19.9. The predicted molar refractivity (Wildman–Crippen MR) is 159 cm³/mol. The van der Waals surface area contributed by atoms with Crippen molar-refractivity contribution in [2.45, 2.75) is 58.1 Å². The number of halogens is 1. The van der Waals surface area contributed by atoms with E-state index in [2.05, 4.69) is 29.7 Å². The molecule has 1 atom stereocenters. The molecule has 5 rings (SSSR count). The van der Waals surface area contributed by atoms with E-state index in [0.717, 1.165) is 42.1 Å². The molecule has 1 aromatic heterocycles. The molecule has 2 aromatic rings. The molecular formula is C32H44FN5O4. The Balaban J connectivity index is 1.32. The van der Waals surface area contributed by atoms with Crippen LogP contribution in [0.5, 0.6) is 0 Å². The Labute approximate surface area is 248 Å². The number of hydrogen-bond acceptors (Lipinski definition) is 7. The summed E-state index contributed by atoms with van der Waals surface area (Å²) in [5.41, 5.74) is 2.89. The average Bonchev–Trinajstić information content (AvgIpc) is 3.20. The van der Waals surface area contributed by atoms with Gasteiger partial charge in [-0.2, -0.15) is 0 Å². The highest BCUT2D eigenvalue weighted by Crippen LogP contribution is 2.40. The summed E-state index contributed by atoms with van der Waals surface area (Å²) in [6.45, 7) is 16.1. The van der Waals surface area contributed by atoms with Gasteiger partial charge in [0.1, 0.15) is 11.4 Å². The molecule has 1 unspecified atom stereocenters. The van der Waals surface area contributed by atoms with Crippen molar-refractivity contribution in [3.63, 3.8) is 0 Å². The van der Waals surface area contributed by atoms with Crippen molar-refractivity contribution >= 4 is 17.7 Å². The molecule has 10 heteroatoms. The van der Waals surface area contributed by atoms with Crippen LogP contribution in [0.25, 0.3) is 0 Å². The summed E-state index contributed by atoms with van der Waals surface area (Å²) in [6.07, 6.45) is 2.17. The van der Waals surface area contributed by atoms with E-state index in [9.17, 15) is 14.0 Å². The van der Waals surface area contributed by atoms with Crippen LogP contribution in [0.1, 0.15) is 51.4 Å². The van der Waals surface area contributed by atoms with Gasteiger partial charge in [-0.1, -0.05) is 26.0 Å². The number of piperazine rings is 1. The molecule has 0 bridgehead atoms. The average molecular weight is 582 g/mol. The monoisotopic (exact) mass is 581 g/mol. The summed E-state index contributed by atoms with van der Waals surface area (Å²) in [5, 5.41) is 0. The minimum atomic E-state index is -0.566. The first-order valence-electron chi connectivity index (χ1n) is 14.9. The fourth-order valence-corrected chi connectivity index (χ4v) is 6.04. The van der Waals surface area contributed by atoms with E-state index in [-0.39, 0.29) is 35.8 Å². The zero-order valence-corrected chi connectivity index (χ0v) is 25.6. The van der Waals surface area contributed by atoms with Gasteiger partial charge in [-0.25, -0.2) is 9.18 Å². The van der Waals surface area contributed by atoms with Gasteiger partial charge in [0.25, 0.3) is 0 Å². The van der Waals surface area contributed by atoms with Gasteiger partial charge in [-0.3, -0.25) is 19.6 Å². The molecule has 0 aliphatic carbocycles. The second kappa shape index (κ2) is 12.3. The third-order valence-corrected chi connectivity index (χ3v) is 8.20. The summed E-state index contributed by atoms with van der Waals surface area (Å²) >= 11 is 0. The maximum absolute atomic E-state index is 14.0. The highest BCUT2D eigenvalue weighted by atomic mass is 19.1. The lowest BCUT2D eigenvalue weighted by Crippen LogP contribution is -2.61. The van der Waals surface area contributed by atoms with Crippen molar-refractivity contribution in [3.05, 3.63) is 59.2 Å². The minimum Gasteiger partial charge on any atom is -0.444 e. The fraction of sp³-hybridized carbons (Fsp3) is 0.594. The van der Waals surface area contributed by atoms with E-state index in [0.29, 0.717) is 45.8 Å². The van der Waals surface area contributed by atoms with E-state index in [4.69, 9.17) is 14.5 Å². The number of fused-ring (bicyclic) bond motifs is 1. The summed E-state index contributed by atoms with van der Waals surface area (Å²) in [5.74, 6) is -0.233.